The topological polar surface area (TPSA) is 75.7 Å². The summed E-state index contributed by atoms with van der Waals surface area (Å²) in [5.74, 6) is 1.48. The van der Waals surface area contributed by atoms with Gasteiger partial charge < -0.3 is 10.1 Å². The first-order valence-corrected chi connectivity index (χ1v) is 10.6. The first kappa shape index (κ1) is 17.2. The average Bonchev–Trinajstić information content (AvgIpc) is 3.37. The van der Waals surface area contributed by atoms with Crippen LogP contribution in [-0.4, -0.2) is 70.6 Å². The fourth-order valence-corrected chi connectivity index (χ4v) is 4.32. The molecule has 1 amide bonds. The summed E-state index contributed by atoms with van der Waals surface area (Å²) >= 11 is 0. The Morgan fingerprint density at radius 2 is 2.00 bits per heavy atom. The Labute approximate surface area is 138 Å². The lowest BCUT2D eigenvalue weighted by Gasteiger charge is -2.23. The molecule has 3 aliphatic rings. The van der Waals surface area contributed by atoms with Gasteiger partial charge in [-0.25, -0.2) is 8.42 Å². The lowest BCUT2D eigenvalue weighted by Crippen LogP contribution is -2.45. The van der Waals surface area contributed by atoms with Gasteiger partial charge >= 0.3 is 0 Å². The van der Waals surface area contributed by atoms with Crippen molar-refractivity contribution >= 4 is 15.7 Å². The van der Waals surface area contributed by atoms with Crippen molar-refractivity contribution in [3.05, 3.63) is 0 Å². The number of methoxy groups -OCH3 is 1. The van der Waals surface area contributed by atoms with E-state index >= 15 is 0 Å². The highest BCUT2D eigenvalue weighted by Crippen LogP contribution is 2.47. The van der Waals surface area contributed by atoms with Crippen molar-refractivity contribution in [2.45, 2.75) is 31.7 Å². The number of rotatable bonds is 8. The van der Waals surface area contributed by atoms with E-state index < -0.39 is 9.84 Å². The molecule has 3 fully saturated rings. The smallest absolute Gasteiger partial charge is 0.228 e. The molecule has 3 rings (SSSR count). The van der Waals surface area contributed by atoms with E-state index in [1.807, 2.05) is 0 Å². The molecule has 1 aliphatic heterocycles. The largest absolute Gasteiger partial charge is 0.384 e. The van der Waals surface area contributed by atoms with Gasteiger partial charge in [-0.3, -0.25) is 9.69 Å². The van der Waals surface area contributed by atoms with Gasteiger partial charge in [0.25, 0.3) is 0 Å². The normalized spacial score (nSPS) is 30.3. The second kappa shape index (κ2) is 6.33. The molecule has 1 saturated heterocycles. The minimum absolute atomic E-state index is 0.125. The molecule has 132 valence electrons. The number of likely N-dealkylation sites (tertiary alicyclic amines) is 1. The van der Waals surface area contributed by atoms with Crippen LogP contribution in [0.1, 0.15) is 25.7 Å². The average molecular weight is 344 g/mol. The first-order valence-electron chi connectivity index (χ1n) is 8.53. The third-order valence-electron chi connectivity index (χ3n) is 5.52. The zero-order valence-electron chi connectivity index (χ0n) is 14.1. The molecule has 2 atom stereocenters. The maximum atomic E-state index is 12.6. The van der Waals surface area contributed by atoms with Crippen LogP contribution in [0.2, 0.25) is 0 Å². The molecule has 0 aromatic carbocycles. The second-order valence-corrected chi connectivity index (χ2v) is 9.94. The first-order chi connectivity index (χ1) is 10.8. The van der Waals surface area contributed by atoms with Crippen molar-refractivity contribution in [3.8, 4) is 0 Å². The molecule has 2 aliphatic carbocycles. The van der Waals surface area contributed by atoms with Crippen LogP contribution >= 0.6 is 0 Å². The molecule has 23 heavy (non-hydrogen) atoms. The molecule has 6 nitrogen and oxygen atoms in total. The van der Waals surface area contributed by atoms with E-state index in [1.165, 1.54) is 19.1 Å². The summed E-state index contributed by atoms with van der Waals surface area (Å²) in [5, 5.41) is 3.25. The molecule has 1 heterocycles. The summed E-state index contributed by atoms with van der Waals surface area (Å²) in [5.41, 5.74) is -0.303. The number of carbonyl (C=O) groups is 1. The van der Waals surface area contributed by atoms with Crippen LogP contribution in [0.4, 0.5) is 0 Å². The van der Waals surface area contributed by atoms with Crippen molar-refractivity contribution in [3.63, 3.8) is 0 Å². The second-order valence-electron chi connectivity index (χ2n) is 7.68. The lowest BCUT2D eigenvalue weighted by atomic mass is 9.97. The summed E-state index contributed by atoms with van der Waals surface area (Å²) in [4.78, 5) is 14.8. The Morgan fingerprint density at radius 3 is 2.52 bits per heavy atom. The van der Waals surface area contributed by atoms with Gasteiger partial charge in [0, 0.05) is 39.0 Å². The van der Waals surface area contributed by atoms with Gasteiger partial charge in [-0.1, -0.05) is 0 Å². The molecule has 0 radical (unpaired) electrons. The molecule has 0 unspecified atom stereocenters. The lowest BCUT2D eigenvalue weighted by molar-refractivity contribution is -0.129. The van der Waals surface area contributed by atoms with Gasteiger partial charge in [-0.2, -0.15) is 0 Å². The quantitative estimate of drug-likeness (QED) is 0.685. The van der Waals surface area contributed by atoms with E-state index in [0.29, 0.717) is 25.0 Å². The summed E-state index contributed by atoms with van der Waals surface area (Å²) in [6.45, 7) is 2.74. The number of nitrogens with one attached hydrogen (secondary N) is 1. The Kier molecular flexibility index (Phi) is 4.73. The summed E-state index contributed by atoms with van der Waals surface area (Å²) < 4.78 is 28.0. The molecule has 0 aromatic rings. The molecule has 0 bridgehead atoms. The molecule has 1 N–H and O–H groups in total. The fourth-order valence-electron chi connectivity index (χ4n) is 3.73. The summed E-state index contributed by atoms with van der Waals surface area (Å²) in [6, 6.07) is 0.156. The van der Waals surface area contributed by atoms with Crippen molar-refractivity contribution in [2.75, 3.05) is 45.4 Å². The van der Waals surface area contributed by atoms with E-state index in [-0.39, 0.29) is 23.1 Å². The van der Waals surface area contributed by atoms with Crippen molar-refractivity contribution in [1.82, 2.24) is 10.2 Å². The molecule has 0 aromatic heterocycles. The van der Waals surface area contributed by atoms with Crippen LogP contribution in [0.25, 0.3) is 0 Å². The number of amides is 1. The monoisotopic (exact) mass is 344 g/mol. The van der Waals surface area contributed by atoms with Gasteiger partial charge in [0.2, 0.25) is 5.91 Å². The van der Waals surface area contributed by atoms with E-state index in [2.05, 4.69) is 10.2 Å². The van der Waals surface area contributed by atoms with E-state index in [0.717, 1.165) is 25.9 Å². The highest BCUT2D eigenvalue weighted by Gasteiger charge is 2.52. The Bertz CT molecular complexity index is 554. The van der Waals surface area contributed by atoms with E-state index in [1.54, 1.807) is 7.11 Å². The van der Waals surface area contributed by atoms with E-state index in [9.17, 15) is 13.2 Å². The van der Waals surface area contributed by atoms with Gasteiger partial charge in [0.05, 0.1) is 17.8 Å². The number of hydrogen-bond acceptors (Lipinski definition) is 5. The van der Waals surface area contributed by atoms with Gasteiger partial charge in [-0.05, 0) is 37.5 Å². The Hall–Kier alpha value is -0.660. The summed E-state index contributed by atoms with van der Waals surface area (Å²) in [6.07, 6.45) is 5.57. The summed E-state index contributed by atoms with van der Waals surface area (Å²) in [7, 11) is -1.30. The van der Waals surface area contributed by atoms with Crippen LogP contribution in [0.5, 0.6) is 0 Å². The molecular formula is C16H28N2O4S. The maximum Gasteiger partial charge on any atom is 0.228 e. The van der Waals surface area contributed by atoms with Crippen LogP contribution in [0, 0.1) is 17.3 Å². The number of ether oxygens (including phenoxy) is 1. The highest BCUT2D eigenvalue weighted by atomic mass is 32.2. The van der Waals surface area contributed by atoms with Gasteiger partial charge in [-0.15, -0.1) is 0 Å². The minimum atomic E-state index is -2.94. The van der Waals surface area contributed by atoms with Crippen LogP contribution in [0.15, 0.2) is 0 Å². The zero-order chi connectivity index (χ0) is 16.7. The molecule has 2 saturated carbocycles. The minimum Gasteiger partial charge on any atom is -0.384 e. The highest BCUT2D eigenvalue weighted by molar-refractivity contribution is 7.90. The number of carbonyl (C=O) groups excluding carboxylic acids is 1. The van der Waals surface area contributed by atoms with E-state index in [4.69, 9.17) is 4.74 Å². The predicted molar refractivity (Wildman–Crippen MR) is 87.8 cm³/mol. The number of hydrogen-bond donors (Lipinski definition) is 1. The standard InChI is InChI=1S/C16H28N2O4S/c1-22-11-16(5-6-16)15(19)17-14-10-18(7-8-23(2,20)21)9-13(14)12-3-4-12/h12-14H,3-11H2,1-2H3,(H,17,19)/t13-,14+/m1/s1. The van der Waals surface area contributed by atoms with Gasteiger partial charge in [0.1, 0.15) is 9.84 Å². The SMILES string of the molecule is COCC1(C(=O)N[C@H]2CN(CCS(C)(=O)=O)C[C@@H]2C2CC2)CC1. The maximum absolute atomic E-state index is 12.6. The van der Waals surface area contributed by atoms with Crippen molar-refractivity contribution < 1.29 is 17.9 Å². The molecule has 7 heteroatoms. The molecule has 0 spiro atoms. The third-order valence-corrected chi connectivity index (χ3v) is 6.44. The van der Waals surface area contributed by atoms with Crippen molar-refractivity contribution in [1.29, 1.82) is 0 Å². The number of nitrogens with zero attached hydrogens (tertiary/aromatic N) is 1. The Balaban J connectivity index is 1.57. The number of sulfone groups is 1. The fraction of sp³-hybridized carbons (Fsp3) is 0.938. The molecular weight excluding hydrogens is 316 g/mol. The predicted octanol–water partition coefficient (Wildman–Crippen LogP) is 0.284. The zero-order valence-corrected chi connectivity index (χ0v) is 14.9. The van der Waals surface area contributed by atoms with Crippen LogP contribution < -0.4 is 5.32 Å². The van der Waals surface area contributed by atoms with Crippen molar-refractivity contribution in [2.24, 2.45) is 17.3 Å². The van der Waals surface area contributed by atoms with Crippen LogP contribution in [0.3, 0.4) is 0 Å². The van der Waals surface area contributed by atoms with Gasteiger partial charge in [0.15, 0.2) is 0 Å². The third kappa shape index (κ3) is 4.25. The Morgan fingerprint density at radius 1 is 1.30 bits per heavy atom. The van der Waals surface area contributed by atoms with Crippen LogP contribution in [-0.2, 0) is 19.4 Å².